The third-order valence-electron chi connectivity index (χ3n) is 3.08. The van der Waals surface area contributed by atoms with Gasteiger partial charge in [-0.3, -0.25) is 4.79 Å². The van der Waals surface area contributed by atoms with E-state index in [0.717, 1.165) is 23.2 Å². The Morgan fingerprint density at radius 1 is 1.21 bits per heavy atom. The molecule has 2 rings (SSSR count). The maximum atomic E-state index is 11.8. The summed E-state index contributed by atoms with van der Waals surface area (Å²) in [5, 5.41) is 11.4. The second kappa shape index (κ2) is 9.82. The second-order valence-corrected chi connectivity index (χ2v) is 5.73. The van der Waals surface area contributed by atoms with Crippen LogP contribution < -0.4 is 14.8 Å². The molecule has 130 valence electrons. The summed E-state index contributed by atoms with van der Waals surface area (Å²) in [7, 11) is 0. The quantitative estimate of drug-likeness (QED) is 0.521. The van der Waals surface area contributed by atoms with E-state index < -0.39 is 0 Å². The lowest BCUT2D eigenvalue weighted by molar-refractivity contribution is -0.118. The summed E-state index contributed by atoms with van der Waals surface area (Å²) in [5.74, 6) is 1.82. The zero-order valence-electron chi connectivity index (χ0n) is 13.9. The minimum atomic E-state index is -0.0547. The fourth-order valence-electron chi connectivity index (χ4n) is 1.91. The Kier molecular flexibility index (Phi) is 7.41. The van der Waals surface area contributed by atoms with Crippen molar-refractivity contribution in [2.45, 2.75) is 25.5 Å². The van der Waals surface area contributed by atoms with E-state index in [9.17, 15) is 4.79 Å². The van der Waals surface area contributed by atoms with E-state index in [1.807, 2.05) is 42.7 Å². The van der Waals surface area contributed by atoms with Gasteiger partial charge in [-0.15, -0.1) is 10.2 Å². The first-order valence-electron chi connectivity index (χ1n) is 7.86. The molecule has 0 aliphatic rings. The van der Waals surface area contributed by atoms with Crippen molar-refractivity contribution < 1.29 is 14.3 Å². The van der Waals surface area contributed by atoms with E-state index in [-0.39, 0.29) is 5.91 Å². The Hall–Kier alpha value is -2.22. The fourth-order valence-corrected chi connectivity index (χ4v) is 2.72. The van der Waals surface area contributed by atoms with Gasteiger partial charge in [-0.1, -0.05) is 11.8 Å². The number of aromatic nitrogens is 3. The predicted molar refractivity (Wildman–Crippen MR) is 92.5 cm³/mol. The number of carbonyl (C=O) groups is 1. The minimum absolute atomic E-state index is 0.0547. The van der Waals surface area contributed by atoms with Crippen LogP contribution in [0.4, 0.5) is 0 Å². The number of amides is 1. The summed E-state index contributed by atoms with van der Waals surface area (Å²) >= 11 is 1.37. The molecular weight excluding hydrogens is 328 g/mol. The smallest absolute Gasteiger partial charge is 0.230 e. The molecule has 0 saturated carbocycles. The number of thioether (sulfide) groups is 1. The topological polar surface area (TPSA) is 78.3 Å². The van der Waals surface area contributed by atoms with E-state index in [1.54, 1.807) is 6.33 Å². The third-order valence-corrected chi connectivity index (χ3v) is 4.06. The van der Waals surface area contributed by atoms with E-state index in [1.165, 1.54) is 11.8 Å². The van der Waals surface area contributed by atoms with Crippen molar-refractivity contribution >= 4 is 17.7 Å². The van der Waals surface area contributed by atoms with Crippen LogP contribution in [0.15, 0.2) is 35.7 Å². The number of benzene rings is 1. The molecule has 1 heterocycles. The Balaban J connectivity index is 1.62. The van der Waals surface area contributed by atoms with Gasteiger partial charge in [0.15, 0.2) is 5.16 Å². The summed E-state index contributed by atoms with van der Waals surface area (Å²) in [6.45, 7) is 6.23. The van der Waals surface area contributed by atoms with Gasteiger partial charge >= 0.3 is 0 Å². The van der Waals surface area contributed by atoms with Crippen molar-refractivity contribution in [1.29, 1.82) is 0 Å². The van der Waals surface area contributed by atoms with Crippen molar-refractivity contribution in [3.05, 3.63) is 30.6 Å². The largest absolute Gasteiger partial charge is 0.494 e. The fraction of sp³-hybridized carbons (Fsp3) is 0.438. The number of hydrogen-bond acceptors (Lipinski definition) is 6. The molecule has 1 aromatic heterocycles. The molecule has 0 fully saturated rings. The number of ether oxygens (including phenoxy) is 2. The molecule has 2 aromatic rings. The normalized spacial score (nSPS) is 10.4. The molecule has 1 N–H and O–H groups in total. The van der Waals surface area contributed by atoms with Gasteiger partial charge in [-0.25, -0.2) is 0 Å². The number of carbonyl (C=O) groups excluding carboxylic acids is 1. The maximum Gasteiger partial charge on any atom is 0.230 e. The zero-order valence-corrected chi connectivity index (χ0v) is 14.7. The Morgan fingerprint density at radius 3 is 2.58 bits per heavy atom. The lowest BCUT2D eigenvalue weighted by atomic mass is 10.3. The van der Waals surface area contributed by atoms with Crippen molar-refractivity contribution in [1.82, 2.24) is 20.1 Å². The maximum absolute atomic E-state index is 11.8. The SMILES string of the molecule is CCOc1ccc(OCCNC(=O)CSc2nncn2CC)cc1. The number of nitrogens with zero attached hydrogens (tertiary/aromatic N) is 3. The monoisotopic (exact) mass is 350 g/mol. The van der Waals surface area contributed by atoms with Gasteiger partial charge in [0, 0.05) is 6.54 Å². The molecule has 0 aliphatic heterocycles. The van der Waals surface area contributed by atoms with Crippen molar-refractivity contribution in [2.75, 3.05) is 25.5 Å². The molecular formula is C16H22N4O3S. The van der Waals surface area contributed by atoms with E-state index in [2.05, 4.69) is 15.5 Å². The molecule has 8 heteroatoms. The number of nitrogens with one attached hydrogen (secondary N) is 1. The Labute approximate surface area is 145 Å². The van der Waals surface area contributed by atoms with Crippen LogP contribution in [-0.4, -0.2) is 46.2 Å². The first-order valence-corrected chi connectivity index (χ1v) is 8.84. The van der Waals surface area contributed by atoms with Gasteiger partial charge in [-0.05, 0) is 38.1 Å². The molecule has 24 heavy (non-hydrogen) atoms. The Morgan fingerprint density at radius 2 is 1.92 bits per heavy atom. The van der Waals surface area contributed by atoms with Crippen LogP contribution in [0.1, 0.15) is 13.8 Å². The highest BCUT2D eigenvalue weighted by Gasteiger charge is 2.07. The van der Waals surface area contributed by atoms with E-state index in [4.69, 9.17) is 9.47 Å². The molecule has 1 aromatic carbocycles. The van der Waals surface area contributed by atoms with Gasteiger partial charge in [-0.2, -0.15) is 0 Å². The number of aryl methyl sites for hydroxylation is 1. The first kappa shape index (κ1) is 18.1. The highest BCUT2D eigenvalue weighted by molar-refractivity contribution is 7.99. The molecule has 0 aliphatic carbocycles. The molecule has 0 unspecified atom stereocenters. The van der Waals surface area contributed by atoms with Gasteiger partial charge in [0.25, 0.3) is 0 Å². The number of rotatable bonds is 10. The van der Waals surface area contributed by atoms with Crippen LogP contribution in [0.3, 0.4) is 0 Å². The minimum Gasteiger partial charge on any atom is -0.494 e. The predicted octanol–water partition coefficient (Wildman–Crippen LogP) is 1.98. The van der Waals surface area contributed by atoms with Gasteiger partial charge in [0.2, 0.25) is 5.91 Å². The Bertz CT molecular complexity index is 631. The molecule has 0 atom stereocenters. The molecule has 1 amide bonds. The van der Waals surface area contributed by atoms with E-state index in [0.29, 0.717) is 25.5 Å². The third kappa shape index (κ3) is 5.77. The van der Waals surface area contributed by atoms with Crippen LogP contribution >= 0.6 is 11.8 Å². The molecule has 0 spiro atoms. The van der Waals surface area contributed by atoms with Crippen LogP contribution in [0.2, 0.25) is 0 Å². The van der Waals surface area contributed by atoms with E-state index >= 15 is 0 Å². The van der Waals surface area contributed by atoms with Crippen molar-refractivity contribution in [2.24, 2.45) is 0 Å². The highest BCUT2D eigenvalue weighted by atomic mass is 32.2. The van der Waals surface area contributed by atoms with Gasteiger partial charge in [0.05, 0.1) is 18.9 Å². The van der Waals surface area contributed by atoms with Crippen LogP contribution in [0.25, 0.3) is 0 Å². The molecule has 0 saturated heterocycles. The summed E-state index contributed by atoms with van der Waals surface area (Å²) < 4.78 is 12.8. The summed E-state index contributed by atoms with van der Waals surface area (Å²) in [6.07, 6.45) is 1.66. The highest BCUT2D eigenvalue weighted by Crippen LogP contribution is 2.17. The summed E-state index contributed by atoms with van der Waals surface area (Å²) in [4.78, 5) is 11.8. The summed E-state index contributed by atoms with van der Waals surface area (Å²) in [5.41, 5.74) is 0. The lowest BCUT2D eigenvalue weighted by Crippen LogP contribution is -2.29. The first-order chi connectivity index (χ1) is 11.7. The van der Waals surface area contributed by atoms with Gasteiger partial charge in [0.1, 0.15) is 24.4 Å². The van der Waals surface area contributed by atoms with Crippen LogP contribution in [0.5, 0.6) is 11.5 Å². The van der Waals surface area contributed by atoms with Gasteiger partial charge < -0.3 is 19.4 Å². The van der Waals surface area contributed by atoms with Crippen molar-refractivity contribution in [3.63, 3.8) is 0 Å². The van der Waals surface area contributed by atoms with Crippen LogP contribution in [0, 0.1) is 0 Å². The molecule has 7 nitrogen and oxygen atoms in total. The van der Waals surface area contributed by atoms with Crippen molar-refractivity contribution in [3.8, 4) is 11.5 Å². The average Bonchev–Trinajstić information content (AvgIpc) is 3.06. The zero-order chi connectivity index (χ0) is 17.2. The van der Waals surface area contributed by atoms with Crippen LogP contribution in [-0.2, 0) is 11.3 Å². The average molecular weight is 350 g/mol. The molecule has 0 bridgehead atoms. The number of hydrogen-bond donors (Lipinski definition) is 1. The standard InChI is InChI=1S/C16H22N4O3S/c1-3-20-12-18-19-16(20)24-11-15(21)17-9-10-23-14-7-5-13(6-8-14)22-4-2/h5-8,12H,3-4,9-11H2,1-2H3,(H,17,21). The summed E-state index contributed by atoms with van der Waals surface area (Å²) in [6, 6.07) is 7.41. The second-order valence-electron chi connectivity index (χ2n) is 4.79. The molecule has 0 radical (unpaired) electrons. The lowest BCUT2D eigenvalue weighted by Gasteiger charge is -2.09.